The molecule has 0 aliphatic carbocycles. The third kappa shape index (κ3) is 4.81. The molecule has 0 saturated carbocycles. The Hall–Kier alpha value is -2.59. The van der Waals surface area contributed by atoms with Gasteiger partial charge in [-0.15, -0.1) is 0 Å². The van der Waals surface area contributed by atoms with E-state index >= 15 is 0 Å². The predicted octanol–water partition coefficient (Wildman–Crippen LogP) is -0.506. The monoisotopic (exact) mass is 582 g/mol. The lowest BCUT2D eigenvalue weighted by atomic mass is 10.1. The topological polar surface area (TPSA) is 216 Å². The number of hydrogen-bond donors (Lipinski definition) is 5. The van der Waals surface area contributed by atoms with Gasteiger partial charge in [0.05, 0.1) is 24.4 Å². The maximum absolute atomic E-state index is 13.7. The minimum Gasteiger partial charge on any atom is -0.387 e. The van der Waals surface area contributed by atoms with Crippen LogP contribution < -0.4 is 11.2 Å². The number of nitrogens with zero attached hydrogens (tertiary/aromatic N) is 4. The van der Waals surface area contributed by atoms with E-state index < -0.39 is 63.0 Å². The van der Waals surface area contributed by atoms with Gasteiger partial charge < -0.3 is 34.2 Å². The highest BCUT2D eigenvalue weighted by atomic mass is 31.2. The number of fused-ring (bicyclic) bond motifs is 1. The maximum atomic E-state index is 13.7. The van der Waals surface area contributed by atoms with Gasteiger partial charge in [0.15, 0.2) is 6.23 Å². The maximum Gasteiger partial charge on any atom is 0.443 e. The van der Waals surface area contributed by atoms with Crippen LogP contribution in [-0.2, 0) is 32.0 Å². The molecule has 38 heavy (non-hydrogen) atoms. The summed E-state index contributed by atoms with van der Waals surface area (Å²) in [5, 5.41) is 20.2. The summed E-state index contributed by atoms with van der Waals surface area (Å²) in [5.41, 5.74) is -0.609. The van der Waals surface area contributed by atoms with Crippen molar-refractivity contribution in [1.82, 2.24) is 18.9 Å². The smallest absolute Gasteiger partial charge is 0.387 e. The Kier molecular flexibility index (Phi) is 7.37. The van der Waals surface area contributed by atoms with Gasteiger partial charge in [0, 0.05) is 24.7 Å². The Morgan fingerprint density at radius 2 is 1.76 bits per heavy atom. The fourth-order valence-corrected chi connectivity index (χ4v) is 5.93. The highest BCUT2D eigenvalue weighted by Gasteiger charge is 2.65. The molecule has 1 unspecified atom stereocenters. The second-order valence-electron chi connectivity index (χ2n) is 8.43. The van der Waals surface area contributed by atoms with Crippen molar-refractivity contribution in [3.8, 4) is 0 Å². The standard InChI is InChI=1S/C19H22F2N4O11P2/c1-23-12-5-3-2-4-10(12)11(22-23)8-25-14(26)6-7-24(18(25)29)17-16(28)15(27)13(36-17)9-35-38(33,34)19(20,21)37(30,31)32/h2-7,13,15-17,27-28H,8-9H2,1H3,(H,33,34)(H2,30,31,32)/t13-,15+,16+,17-/m1/s1. The second kappa shape index (κ2) is 9.86. The van der Waals surface area contributed by atoms with E-state index in [0.717, 1.165) is 26.9 Å². The van der Waals surface area contributed by atoms with E-state index in [4.69, 9.17) is 14.5 Å². The molecule has 0 bridgehead atoms. The minimum absolute atomic E-state index is 0.275. The summed E-state index contributed by atoms with van der Waals surface area (Å²) in [4.78, 5) is 52.4. The molecular weight excluding hydrogens is 560 g/mol. The number of alkyl halides is 2. The molecule has 5 N–H and O–H groups in total. The van der Waals surface area contributed by atoms with Crippen LogP contribution in [0.15, 0.2) is 46.1 Å². The molecule has 1 aromatic carbocycles. The fourth-order valence-electron chi connectivity index (χ4n) is 3.94. The van der Waals surface area contributed by atoms with Crippen molar-refractivity contribution in [3.05, 3.63) is 63.1 Å². The average Bonchev–Trinajstić information content (AvgIpc) is 3.30. The quantitative estimate of drug-likeness (QED) is 0.213. The fraction of sp³-hybridized carbons (Fsp3) is 0.421. The number of aryl methyl sites for hydroxylation is 1. The SMILES string of the molecule is Cn1nc(Cn2c(=O)ccn([C@@H]3O[C@H](COP(=O)(O)C(F)(F)P(=O)(O)O)[C@H](O)[C@@H]3O)c2=O)c2ccccc21. The Balaban J connectivity index is 1.59. The van der Waals surface area contributed by atoms with Gasteiger partial charge in [-0.1, -0.05) is 18.2 Å². The molecule has 1 aliphatic rings. The lowest BCUT2D eigenvalue weighted by molar-refractivity contribution is -0.0551. The van der Waals surface area contributed by atoms with Gasteiger partial charge in [-0.3, -0.25) is 27.7 Å². The van der Waals surface area contributed by atoms with Gasteiger partial charge in [0.25, 0.3) is 5.56 Å². The number of aliphatic hydroxyl groups is 2. The van der Waals surface area contributed by atoms with E-state index in [0.29, 0.717) is 11.1 Å². The van der Waals surface area contributed by atoms with Crippen molar-refractivity contribution >= 4 is 26.1 Å². The molecule has 1 aliphatic heterocycles. The third-order valence-electron chi connectivity index (χ3n) is 5.95. The van der Waals surface area contributed by atoms with Crippen molar-refractivity contribution in [2.24, 2.45) is 7.05 Å². The van der Waals surface area contributed by atoms with Gasteiger partial charge in [-0.2, -0.15) is 13.9 Å². The molecule has 1 saturated heterocycles. The van der Waals surface area contributed by atoms with E-state index in [-0.39, 0.29) is 6.54 Å². The summed E-state index contributed by atoms with van der Waals surface area (Å²) in [6.07, 6.45) is -6.37. The predicted molar refractivity (Wildman–Crippen MR) is 123 cm³/mol. The van der Waals surface area contributed by atoms with Crippen molar-refractivity contribution in [2.45, 2.75) is 36.5 Å². The van der Waals surface area contributed by atoms with E-state index in [9.17, 15) is 42.6 Å². The molecule has 0 radical (unpaired) electrons. The first-order chi connectivity index (χ1) is 17.6. The number of ether oxygens (including phenoxy) is 1. The summed E-state index contributed by atoms with van der Waals surface area (Å²) in [5.74, 6) is 0. The summed E-state index contributed by atoms with van der Waals surface area (Å²) in [6, 6.07) is 8.02. The number of rotatable bonds is 8. The van der Waals surface area contributed by atoms with Crippen LogP contribution >= 0.6 is 15.2 Å². The van der Waals surface area contributed by atoms with Crippen LogP contribution in [0.5, 0.6) is 0 Å². The normalized spacial score (nSPS) is 24.1. The number of halogens is 2. The van der Waals surface area contributed by atoms with Crippen molar-refractivity contribution in [2.75, 3.05) is 6.61 Å². The first kappa shape index (κ1) is 28.4. The molecule has 4 rings (SSSR count). The van der Waals surface area contributed by atoms with E-state index in [2.05, 4.69) is 9.62 Å². The molecule has 208 valence electrons. The molecule has 3 aromatic rings. The van der Waals surface area contributed by atoms with Gasteiger partial charge >= 0.3 is 26.3 Å². The largest absolute Gasteiger partial charge is 0.443 e. The van der Waals surface area contributed by atoms with E-state index in [1.807, 2.05) is 0 Å². The van der Waals surface area contributed by atoms with Crippen molar-refractivity contribution < 1.29 is 52.1 Å². The van der Waals surface area contributed by atoms with Gasteiger partial charge in [0.1, 0.15) is 18.3 Å². The second-order valence-corrected chi connectivity index (χ2v) is 12.3. The first-order valence-electron chi connectivity index (χ1n) is 10.7. The summed E-state index contributed by atoms with van der Waals surface area (Å²) in [7, 11) is -11.0. The van der Waals surface area contributed by atoms with Crippen LogP contribution in [0.1, 0.15) is 11.9 Å². The molecule has 19 heteroatoms. The number of hydrogen-bond acceptors (Lipinski definition) is 9. The number of aliphatic hydroxyl groups excluding tert-OH is 2. The molecule has 1 fully saturated rings. The number of benzene rings is 1. The van der Waals surface area contributed by atoms with E-state index in [1.54, 1.807) is 36.0 Å². The summed E-state index contributed by atoms with van der Waals surface area (Å²) < 4.78 is 62.5. The Morgan fingerprint density at radius 3 is 2.42 bits per heavy atom. The Labute approximate surface area is 210 Å². The molecule has 3 heterocycles. The third-order valence-corrected chi connectivity index (χ3v) is 9.37. The number of para-hydroxylation sites is 1. The molecular formula is C19H22F2N4O11P2. The molecule has 5 atom stereocenters. The van der Waals surface area contributed by atoms with Crippen LogP contribution in [0.3, 0.4) is 0 Å². The summed E-state index contributed by atoms with van der Waals surface area (Å²) >= 11 is 0. The Morgan fingerprint density at radius 1 is 1.11 bits per heavy atom. The lowest BCUT2D eigenvalue weighted by Crippen LogP contribution is -2.43. The highest BCUT2D eigenvalue weighted by Crippen LogP contribution is 2.73. The zero-order valence-electron chi connectivity index (χ0n) is 19.3. The van der Waals surface area contributed by atoms with Gasteiger partial charge in [-0.05, 0) is 6.07 Å². The van der Waals surface area contributed by atoms with Crippen LogP contribution in [0.2, 0.25) is 0 Å². The van der Waals surface area contributed by atoms with Crippen molar-refractivity contribution in [1.29, 1.82) is 0 Å². The van der Waals surface area contributed by atoms with Crippen LogP contribution in [-0.4, -0.2) is 74.1 Å². The Bertz CT molecular complexity index is 1580. The molecule has 0 amide bonds. The molecule has 0 spiro atoms. The van der Waals surface area contributed by atoms with Crippen LogP contribution in [0.4, 0.5) is 8.78 Å². The van der Waals surface area contributed by atoms with Crippen molar-refractivity contribution in [3.63, 3.8) is 0 Å². The van der Waals surface area contributed by atoms with Gasteiger partial charge in [0.2, 0.25) is 0 Å². The minimum atomic E-state index is -6.41. The zero-order chi connectivity index (χ0) is 28.2. The van der Waals surface area contributed by atoms with E-state index in [1.165, 1.54) is 0 Å². The zero-order valence-corrected chi connectivity index (χ0v) is 21.1. The van der Waals surface area contributed by atoms with Gasteiger partial charge in [-0.25, -0.2) is 4.79 Å². The van der Waals surface area contributed by atoms with Crippen LogP contribution in [0, 0.1) is 0 Å². The summed E-state index contributed by atoms with van der Waals surface area (Å²) in [6.45, 7) is -1.59. The first-order valence-corrected chi connectivity index (χ1v) is 13.9. The van der Waals surface area contributed by atoms with Crippen LogP contribution in [0.25, 0.3) is 10.9 Å². The highest BCUT2D eigenvalue weighted by molar-refractivity contribution is 7.72. The molecule has 15 nitrogen and oxygen atoms in total. The average molecular weight is 582 g/mol. The number of aromatic nitrogens is 4. The lowest BCUT2D eigenvalue weighted by Gasteiger charge is -2.24. The molecule has 2 aromatic heterocycles.